The molecule has 0 amide bonds. The highest BCUT2D eigenvalue weighted by Gasteiger charge is 2.25. The lowest BCUT2D eigenvalue weighted by molar-refractivity contribution is 1.07. The molecule has 0 saturated carbocycles. The van der Waals surface area contributed by atoms with E-state index in [0.29, 0.717) is 23.3 Å². The van der Waals surface area contributed by atoms with Crippen LogP contribution in [0.25, 0.3) is 222 Å². The van der Waals surface area contributed by atoms with Crippen LogP contribution >= 0.6 is 0 Å². The first kappa shape index (κ1) is 69.3. The Bertz CT molecular complexity index is 8120. The van der Waals surface area contributed by atoms with Gasteiger partial charge in [0.15, 0.2) is 23.3 Å². The maximum atomic E-state index is 5.26. The van der Waals surface area contributed by atoms with Crippen LogP contribution in [0.1, 0.15) is 0 Å². The van der Waals surface area contributed by atoms with Crippen LogP contribution in [0.15, 0.2) is 431 Å². The highest BCUT2D eigenvalue weighted by atomic mass is 15.0. The summed E-state index contributed by atoms with van der Waals surface area (Å²) in [5.41, 5.74) is 26.2. The van der Waals surface area contributed by atoms with Crippen LogP contribution in [0.4, 0.5) is 0 Å². The zero-order valence-electron chi connectivity index (χ0n) is 65.0. The smallest absolute Gasteiger partial charge is 0.164 e. The van der Waals surface area contributed by atoms with Crippen molar-refractivity contribution in [3.8, 4) is 113 Å². The molecule has 120 heavy (non-hydrogen) atoms. The number of benzene rings is 18. The van der Waals surface area contributed by atoms with E-state index in [-0.39, 0.29) is 0 Å². The second-order valence-corrected chi connectivity index (χ2v) is 30.6. The lowest BCUT2D eigenvalue weighted by Crippen LogP contribution is -2.01. The SMILES string of the molecule is c1ccc(-c2cc(-c3ccc(-n4c5ccccc5c5c6c7ccccc7n(-c7ccc8ccccc8c7)c6ccc54)cc3)nc(-c3ccccc3-c3ccccc3)n2)cc1.c1ccc(-c2cccc(-n3c4ccccc4c4c5c6ccccc6n(-c6ccc(-c7nc(-c8ccccc8)nc(-c8cccc9ccccc89)n7)cc6)c5ccc43)c2)cc1. The highest BCUT2D eigenvalue weighted by Crippen LogP contribution is 2.46. The van der Waals surface area contributed by atoms with Gasteiger partial charge in [0, 0.05) is 99.2 Å². The van der Waals surface area contributed by atoms with Gasteiger partial charge in [-0.2, -0.15) is 0 Å². The molecule has 0 saturated heterocycles. The van der Waals surface area contributed by atoms with Crippen molar-refractivity contribution in [2.24, 2.45) is 0 Å². The van der Waals surface area contributed by atoms with Crippen molar-refractivity contribution < 1.29 is 0 Å². The van der Waals surface area contributed by atoms with Gasteiger partial charge in [-0.3, -0.25) is 0 Å². The minimum atomic E-state index is 0.631. The Hall–Kier alpha value is -16.2. The molecule has 0 spiro atoms. The summed E-state index contributed by atoms with van der Waals surface area (Å²) >= 11 is 0. The van der Waals surface area contributed by atoms with Gasteiger partial charge < -0.3 is 18.3 Å². The number of hydrogen-bond donors (Lipinski definition) is 0. The van der Waals surface area contributed by atoms with Crippen molar-refractivity contribution in [3.05, 3.63) is 431 Å². The molecule has 0 fully saturated rings. The van der Waals surface area contributed by atoms with E-state index in [2.05, 4.69) is 407 Å². The molecule has 9 heteroatoms. The molecule has 560 valence electrons. The van der Waals surface area contributed by atoms with Crippen LogP contribution in [-0.4, -0.2) is 43.2 Å². The van der Waals surface area contributed by atoms with Gasteiger partial charge in [-0.1, -0.05) is 315 Å². The molecule has 6 heterocycles. The summed E-state index contributed by atoms with van der Waals surface area (Å²) in [5, 5.41) is 14.7. The number of aromatic nitrogens is 9. The normalized spacial score (nSPS) is 11.7. The minimum Gasteiger partial charge on any atom is -0.309 e. The Kier molecular flexibility index (Phi) is 16.7. The molecule has 9 nitrogen and oxygen atoms in total. The summed E-state index contributed by atoms with van der Waals surface area (Å²) in [6, 6.07) is 153. The molecule has 0 radical (unpaired) electrons. The maximum absolute atomic E-state index is 5.26. The van der Waals surface area contributed by atoms with E-state index < -0.39 is 0 Å². The number of para-hydroxylation sites is 4. The molecule has 18 aromatic carbocycles. The van der Waals surface area contributed by atoms with Gasteiger partial charge in [-0.05, 0) is 159 Å². The third-order valence-electron chi connectivity index (χ3n) is 23.7. The van der Waals surface area contributed by atoms with Gasteiger partial charge in [0.2, 0.25) is 0 Å². The second-order valence-electron chi connectivity index (χ2n) is 30.6. The van der Waals surface area contributed by atoms with Crippen LogP contribution in [0, 0.1) is 0 Å². The summed E-state index contributed by atoms with van der Waals surface area (Å²) in [7, 11) is 0. The summed E-state index contributed by atoms with van der Waals surface area (Å²) in [5.74, 6) is 2.62. The fraction of sp³-hybridized carbons (Fsp3) is 0. The van der Waals surface area contributed by atoms with E-state index in [4.69, 9.17) is 24.9 Å². The molecule has 0 atom stereocenters. The fourth-order valence-electron chi connectivity index (χ4n) is 18.2. The quantitative estimate of drug-likeness (QED) is 0.122. The average Bonchev–Trinajstić information content (AvgIpc) is 1.55. The van der Waals surface area contributed by atoms with Crippen molar-refractivity contribution in [2.75, 3.05) is 0 Å². The standard InChI is InChI=1S/C56H36N4.C55H35N5/c1-3-16-38(17-4-1)44-21-9-10-22-45(44)56-57-48(39-18-5-2-6-19-39)36-49(58-56)40-28-30-42(31-29-40)59-50-25-13-11-23-46(50)54-52(59)33-34-53-55(54)47-24-12-14-26-51(47)60(53)43-32-27-37-15-7-8-20-41(37)35-43;1-3-15-36(16-4-1)40-21-13-22-42(35-40)60-48-28-12-10-25-46(48)52-50(60)34-33-49-51(52)45-24-9-11-27-47(45)59(49)41-31-29-39(30-32-41)54-56-53(38-18-5-2-6-19-38)57-55(58-54)44-26-14-20-37-17-7-8-23-43(37)44/h1-36H;1-35H. The lowest BCUT2D eigenvalue weighted by Gasteiger charge is -2.13. The van der Waals surface area contributed by atoms with Crippen LogP contribution in [0.2, 0.25) is 0 Å². The topological polar surface area (TPSA) is 84.2 Å². The second kappa shape index (κ2) is 28.9. The third kappa shape index (κ3) is 11.8. The number of hydrogen-bond acceptors (Lipinski definition) is 5. The van der Waals surface area contributed by atoms with Gasteiger partial charge >= 0.3 is 0 Å². The van der Waals surface area contributed by atoms with E-state index in [9.17, 15) is 0 Å². The Balaban J connectivity index is 0.000000140. The Morgan fingerprint density at radius 2 is 0.483 bits per heavy atom. The number of fused-ring (bicyclic) bond motifs is 16. The number of rotatable bonds is 12. The van der Waals surface area contributed by atoms with Gasteiger partial charge in [-0.25, -0.2) is 24.9 Å². The first-order chi connectivity index (χ1) is 59.5. The largest absolute Gasteiger partial charge is 0.309 e. The molecule has 0 bridgehead atoms. The van der Waals surface area contributed by atoms with E-state index in [0.717, 1.165) is 100 Å². The van der Waals surface area contributed by atoms with E-state index in [1.165, 1.54) is 98.1 Å². The highest BCUT2D eigenvalue weighted by molar-refractivity contribution is 6.30. The molecular formula is C111H71N9. The molecule has 0 aliphatic rings. The predicted octanol–water partition coefficient (Wildman–Crippen LogP) is 28.4. The fourth-order valence-corrected chi connectivity index (χ4v) is 18.2. The summed E-state index contributed by atoms with van der Waals surface area (Å²) in [4.78, 5) is 25.7. The molecule has 24 aromatic rings. The molecule has 0 unspecified atom stereocenters. The Morgan fingerprint density at radius 1 is 0.150 bits per heavy atom. The zero-order chi connectivity index (χ0) is 79.1. The first-order valence-corrected chi connectivity index (χ1v) is 40.7. The van der Waals surface area contributed by atoms with E-state index >= 15 is 0 Å². The first-order valence-electron chi connectivity index (χ1n) is 40.7. The maximum Gasteiger partial charge on any atom is 0.164 e. The average molecular weight is 1530 g/mol. The van der Waals surface area contributed by atoms with Crippen molar-refractivity contribution in [2.45, 2.75) is 0 Å². The van der Waals surface area contributed by atoms with E-state index in [1.807, 2.05) is 42.5 Å². The van der Waals surface area contributed by atoms with Crippen LogP contribution in [-0.2, 0) is 0 Å². The third-order valence-corrected chi connectivity index (χ3v) is 23.7. The molecule has 0 aliphatic carbocycles. The van der Waals surface area contributed by atoms with Gasteiger partial charge in [-0.15, -0.1) is 0 Å². The molecule has 0 aliphatic heterocycles. The van der Waals surface area contributed by atoms with Crippen LogP contribution in [0.5, 0.6) is 0 Å². The predicted molar refractivity (Wildman–Crippen MR) is 498 cm³/mol. The van der Waals surface area contributed by atoms with Crippen LogP contribution in [0.3, 0.4) is 0 Å². The van der Waals surface area contributed by atoms with Crippen molar-refractivity contribution in [1.29, 1.82) is 0 Å². The van der Waals surface area contributed by atoms with Crippen molar-refractivity contribution >= 4 is 109 Å². The molecule has 6 aromatic heterocycles. The van der Waals surface area contributed by atoms with Gasteiger partial charge in [0.25, 0.3) is 0 Å². The Labute approximate surface area is 691 Å². The Morgan fingerprint density at radius 3 is 1.01 bits per heavy atom. The summed E-state index contributed by atoms with van der Waals surface area (Å²) in [6.45, 7) is 0. The lowest BCUT2D eigenvalue weighted by atomic mass is 9.98. The zero-order valence-corrected chi connectivity index (χ0v) is 65.0. The van der Waals surface area contributed by atoms with Crippen molar-refractivity contribution in [3.63, 3.8) is 0 Å². The number of nitrogens with zero attached hydrogens (tertiary/aromatic N) is 9. The summed E-state index contributed by atoms with van der Waals surface area (Å²) < 4.78 is 9.64. The summed E-state index contributed by atoms with van der Waals surface area (Å²) in [6.07, 6.45) is 0. The van der Waals surface area contributed by atoms with Crippen molar-refractivity contribution in [1.82, 2.24) is 43.2 Å². The molecule has 0 N–H and O–H groups in total. The van der Waals surface area contributed by atoms with Gasteiger partial charge in [0.05, 0.1) is 55.5 Å². The van der Waals surface area contributed by atoms with E-state index in [1.54, 1.807) is 0 Å². The monoisotopic (exact) mass is 1530 g/mol. The molecule has 24 rings (SSSR count). The minimum absolute atomic E-state index is 0.631. The van der Waals surface area contributed by atoms with Gasteiger partial charge in [0.1, 0.15) is 0 Å². The molecular weight excluding hydrogens is 1460 g/mol. The van der Waals surface area contributed by atoms with Crippen LogP contribution < -0.4 is 0 Å².